The van der Waals surface area contributed by atoms with Crippen LogP contribution < -0.4 is 11.1 Å². The Hall–Kier alpha value is -2.70. The highest BCUT2D eigenvalue weighted by atomic mass is 35.5. The molecule has 0 aliphatic rings. The zero-order chi connectivity index (χ0) is 18.7. The number of aryl methyl sites for hydroxylation is 1. The molecule has 2 heterocycles. The van der Waals surface area contributed by atoms with Crippen molar-refractivity contribution in [3.8, 4) is 0 Å². The van der Waals surface area contributed by atoms with Crippen molar-refractivity contribution in [1.29, 1.82) is 0 Å². The van der Waals surface area contributed by atoms with E-state index in [1.54, 1.807) is 30.3 Å². The topological polar surface area (TPSA) is 80.6 Å². The fourth-order valence-electron chi connectivity index (χ4n) is 2.49. The van der Waals surface area contributed by atoms with Crippen LogP contribution in [0.5, 0.6) is 0 Å². The van der Waals surface area contributed by atoms with Gasteiger partial charge in [0.25, 0.3) is 11.1 Å². The van der Waals surface area contributed by atoms with Crippen LogP contribution in [0.1, 0.15) is 6.92 Å². The number of nitrogens with zero attached hydrogens (tertiary/aromatic N) is 3. The SMILES string of the molecule is CCn1nc(Cl)c2ccccc2c1=O.O=c1[nH]nc(Cl)c2ccccc12. The van der Waals surface area contributed by atoms with Crippen LogP contribution in [-0.2, 0) is 6.54 Å². The van der Waals surface area contributed by atoms with Crippen molar-refractivity contribution < 1.29 is 0 Å². The lowest BCUT2D eigenvalue weighted by Gasteiger charge is -2.04. The average Bonchev–Trinajstić information content (AvgIpc) is 2.68. The lowest BCUT2D eigenvalue weighted by molar-refractivity contribution is 0.623. The van der Waals surface area contributed by atoms with Gasteiger partial charge in [-0.15, -0.1) is 0 Å². The van der Waals surface area contributed by atoms with Crippen LogP contribution in [-0.4, -0.2) is 20.0 Å². The molecular weight excluding hydrogens is 375 g/mol. The molecule has 0 radical (unpaired) electrons. The third kappa shape index (κ3) is 3.47. The normalized spacial score (nSPS) is 10.6. The molecule has 132 valence electrons. The van der Waals surface area contributed by atoms with Crippen LogP contribution in [0.4, 0.5) is 0 Å². The van der Waals surface area contributed by atoms with Gasteiger partial charge in [-0.25, -0.2) is 9.78 Å². The summed E-state index contributed by atoms with van der Waals surface area (Å²) in [6.07, 6.45) is 0. The highest BCUT2D eigenvalue weighted by molar-refractivity contribution is 6.34. The summed E-state index contributed by atoms with van der Waals surface area (Å²) in [4.78, 5) is 22.9. The molecule has 0 aliphatic heterocycles. The summed E-state index contributed by atoms with van der Waals surface area (Å²) in [7, 11) is 0. The van der Waals surface area contributed by atoms with Gasteiger partial charge in [-0.2, -0.15) is 10.2 Å². The van der Waals surface area contributed by atoms with E-state index >= 15 is 0 Å². The molecule has 26 heavy (non-hydrogen) atoms. The first-order valence-corrected chi connectivity index (χ1v) is 8.56. The van der Waals surface area contributed by atoms with Crippen molar-refractivity contribution in [2.75, 3.05) is 0 Å². The Bertz CT molecular complexity index is 1200. The van der Waals surface area contributed by atoms with Gasteiger partial charge in [-0.05, 0) is 19.1 Å². The number of hydrogen-bond donors (Lipinski definition) is 1. The second kappa shape index (κ2) is 7.68. The third-order valence-electron chi connectivity index (χ3n) is 3.77. The fourth-order valence-corrected chi connectivity index (χ4v) is 2.95. The van der Waals surface area contributed by atoms with Crippen molar-refractivity contribution in [3.63, 3.8) is 0 Å². The number of H-pyrrole nitrogens is 1. The minimum absolute atomic E-state index is 0.0903. The predicted molar refractivity (Wildman–Crippen MR) is 104 cm³/mol. The number of benzene rings is 2. The molecule has 4 aromatic rings. The van der Waals surface area contributed by atoms with Gasteiger partial charge in [-0.3, -0.25) is 9.59 Å². The molecule has 0 atom stereocenters. The zero-order valence-electron chi connectivity index (χ0n) is 13.7. The monoisotopic (exact) mass is 388 g/mol. The van der Waals surface area contributed by atoms with Crippen LogP contribution in [0.2, 0.25) is 10.3 Å². The molecule has 0 spiro atoms. The van der Waals surface area contributed by atoms with E-state index < -0.39 is 0 Å². The second-order valence-electron chi connectivity index (χ2n) is 5.35. The molecule has 0 fully saturated rings. The van der Waals surface area contributed by atoms with E-state index in [2.05, 4.69) is 15.3 Å². The van der Waals surface area contributed by atoms with Gasteiger partial charge in [-0.1, -0.05) is 59.6 Å². The molecular formula is C18H14Cl2N4O2. The molecule has 0 saturated carbocycles. The lowest BCUT2D eigenvalue weighted by atomic mass is 10.2. The summed E-state index contributed by atoms with van der Waals surface area (Å²) < 4.78 is 1.37. The minimum atomic E-state index is -0.213. The molecule has 0 aliphatic carbocycles. The van der Waals surface area contributed by atoms with Crippen LogP contribution in [0, 0.1) is 0 Å². The third-order valence-corrected chi connectivity index (χ3v) is 4.34. The molecule has 8 heteroatoms. The molecule has 2 aromatic heterocycles. The standard InChI is InChI=1S/C10H9ClN2O.C8H5ClN2O/c1-2-13-10(14)8-6-4-3-5-7(8)9(11)12-13;9-7-5-3-1-2-4-6(5)8(12)11-10-7/h3-6H,2H2,1H3;1-4H,(H,11,12). The minimum Gasteiger partial charge on any atom is -0.267 e. The summed E-state index contributed by atoms with van der Waals surface area (Å²) in [5, 5.41) is 13.2. The van der Waals surface area contributed by atoms with Crippen LogP contribution in [0.15, 0.2) is 58.1 Å². The number of rotatable bonds is 1. The van der Waals surface area contributed by atoms with Crippen LogP contribution in [0.25, 0.3) is 21.5 Å². The van der Waals surface area contributed by atoms with Gasteiger partial charge in [0.05, 0.1) is 10.8 Å². The number of aromatic nitrogens is 4. The van der Waals surface area contributed by atoms with E-state index in [9.17, 15) is 9.59 Å². The smallest absolute Gasteiger partial charge is 0.267 e. The Labute approximate surface area is 158 Å². The van der Waals surface area contributed by atoms with E-state index in [0.717, 1.165) is 0 Å². The molecule has 0 saturated heterocycles. The second-order valence-corrected chi connectivity index (χ2v) is 6.06. The van der Waals surface area contributed by atoms with E-state index in [1.165, 1.54) is 4.68 Å². The van der Waals surface area contributed by atoms with Crippen molar-refractivity contribution in [2.24, 2.45) is 0 Å². The van der Waals surface area contributed by atoms with E-state index in [0.29, 0.717) is 38.4 Å². The van der Waals surface area contributed by atoms with E-state index in [1.807, 2.05) is 25.1 Å². The Kier molecular flexibility index (Phi) is 5.35. The zero-order valence-corrected chi connectivity index (χ0v) is 15.3. The van der Waals surface area contributed by atoms with Crippen LogP contribution >= 0.6 is 23.2 Å². The summed E-state index contributed by atoms with van der Waals surface area (Å²) in [5.41, 5.74) is -0.303. The lowest BCUT2D eigenvalue weighted by Crippen LogP contribution is -2.22. The fraction of sp³-hybridized carbons (Fsp3) is 0.111. The van der Waals surface area contributed by atoms with Crippen molar-refractivity contribution in [2.45, 2.75) is 13.5 Å². The van der Waals surface area contributed by atoms with Gasteiger partial charge in [0.1, 0.15) is 0 Å². The van der Waals surface area contributed by atoms with E-state index in [4.69, 9.17) is 23.2 Å². The first-order valence-electron chi connectivity index (χ1n) is 7.81. The van der Waals surface area contributed by atoms with Crippen molar-refractivity contribution >= 4 is 44.7 Å². The van der Waals surface area contributed by atoms with Crippen LogP contribution in [0.3, 0.4) is 0 Å². The van der Waals surface area contributed by atoms with Gasteiger partial charge in [0.2, 0.25) is 0 Å². The number of halogens is 2. The summed E-state index contributed by atoms with van der Waals surface area (Å²) in [6, 6.07) is 14.3. The maximum absolute atomic E-state index is 11.8. The Balaban J connectivity index is 0.000000152. The molecule has 0 amide bonds. The average molecular weight is 389 g/mol. The van der Waals surface area contributed by atoms with Gasteiger partial charge in [0.15, 0.2) is 10.3 Å². The first-order chi connectivity index (χ1) is 12.5. The molecule has 0 unspecified atom stereocenters. The molecule has 2 aromatic carbocycles. The molecule has 1 N–H and O–H groups in total. The predicted octanol–water partition coefficient (Wildman–Crippen LogP) is 3.65. The largest absolute Gasteiger partial charge is 0.274 e. The highest BCUT2D eigenvalue weighted by Crippen LogP contribution is 2.17. The summed E-state index contributed by atoms with van der Waals surface area (Å²) in [6.45, 7) is 2.39. The highest BCUT2D eigenvalue weighted by Gasteiger charge is 2.06. The Morgan fingerprint density at radius 1 is 0.885 bits per heavy atom. The Morgan fingerprint density at radius 2 is 1.42 bits per heavy atom. The number of hydrogen-bond acceptors (Lipinski definition) is 4. The summed E-state index contributed by atoms with van der Waals surface area (Å²) >= 11 is 11.7. The number of aromatic amines is 1. The molecule has 4 rings (SSSR count). The van der Waals surface area contributed by atoms with Crippen molar-refractivity contribution in [3.05, 3.63) is 79.5 Å². The van der Waals surface area contributed by atoms with E-state index in [-0.39, 0.29) is 11.1 Å². The number of fused-ring (bicyclic) bond motifs is 2. The maximum Gasteiger partial charge on any atom is 0.274 e. The van der Waals surface area contributed by atoms with Crippen molar-refractivity contribution in [1.82, 2.24) is 20.0 Å². The molecule has 6 nitrogen and oxygen atoms in total. The van der Waals surface area contributed by atoms with Gasteiger partial charge >= 0.3 is 0 Å². The Morgan fingerprint density at radius 3 is 2.00 bits per heavy atom. The quantitative estimate of drug-likeness (QED) is 0.539. The molecule has 0 bridgehead atoms. The summed E-state index contributed by atoms with van der Waals surface area (Å²) in [5.74, 6) is 0. The van der Waals surface area contributed by atoms with Gasteiger partial charge < -0.3 is 0 Å². The first kappa shape index (κ1) is 18.1. The maximum atomic E-state index is 11.8. The van der Waals surface area contributed by atoms with Gasteiger partial charge in [0, 0.05) is 17.3 Å². The number of nitrogens with one attached hydrogen (secondary N) is 1.